The van der Waals surface area contributed by atoms with Crippen LogP contribution in [0.15, 0.2) is 72.4 Å². The van der Waals surface area contributed by atoms with Crippen molar-refractivity contribution < 1.29 is 24.0 Å². The van der Waals surface area contributed by atoms with E-state index in [4.69, 9.17) is 21.1 Å². The molecule has 3 aromatic carbocycles. The minimum Gasteiger partial charge on any atom is -0.496 e. The number of non-ortho nitro benzene ring substituents is 1. The Morgan fingerprint density at radius 2 is 1.65 bits per heavy atom. The maximum atomic E-state index is 13.2. The van der Waals surface area contributed by atoms with Crippen molar-refractivity contribution in [1.29, 1.82) is 0 Å². The van der Waals surface area contributed by atoms with Crippen LogP contribution in [0, 0.1) is 10.1 Å². The normalized spacial score (nSPS) is 10.9. The number of nitrogens with one attached hydrogen (secondary N) is 2. The number of nitro groups is 1. The number of halogens is 1. The summed E-state index contributed by atoms with van der Waals surface area (Å²) in [5.41, 5.74) is 0.736. The largest absolute Gasteiger partial charge is 0.496 e. The number of ether oxygens (including phenoxy) is 2. The molecule has 0 saturated heterocycles. The molecular formula is C24H20ClN3O6. The van der Waals surface area contributed by atoms with Crippen LogP contribution < -0.4 is 20.1 Å². The fourth-order valence-corrected chi connectivity index (χ4v) is 3.18. The third-order valence-corrected chi connectivity index (χ3v) is 4.90. The molecule has 9 nitrogen and oxygen atoms in total. The van der Waals surface area contributed by atoms with Gasteiger partial charge in [0.25, 0.3) is 17.5 Å². The number of benzene rings is 3. The number of nitro benzene ring substituents is 1. The van der Waals surface area contributed by atoms with Gasteiger partial charge in [0.05, 0.1) is 30.4 Å². The quantitative estimate of drug-likeness (QED) is 0.274. The van der Waals surface area contributed by atoms with Gasteiger partial charge in [0.2, 0.25) is 0 Å². The van der Waals surface area contributed by atoms with E-state index in [-0.39, 0.29) is 16.9 Å². The zero-order valence-electron chi connectivity index (χ0n) is 18.2. The van der Waals surface area contributed by atoms with Crippen LogP contribution in [0.2, 0.25) is 5.02 Å². The fourth-order valence-electron chi connectivity index (χ4n) is 3.01. The van der Waals surface area contributed by atoms with Gasteiger partial charge in [-0.2, -0.15) is 0 Å². The van der Waals surface area contributed by atoms with Crippen LogP contribution >= 0.6 is 11.6 Å². The number of carbonyl (C=O) groups is 2. The lowest BCUT2D eigenvalue weighted by Gasteiger charge is -2.14. The summed E-state index contributed by atoms with van der Waals surface area (Å²) in [4.78, 5) is 36.5. The summed E-state index contributed by atoms with van der Waals surface area (Å²) in [7, 11) is 2.87. The van der Waals surface area contributed by atoms with Gasteiger partial charge in [-0.05, 0) is 54.1 Å². The number of amides is 2. The first-order valence-corrected chi connectivity index (χ1v) is 10.3. The molecule has 10 heteroatoms. The second kappa shape index (κ2) is 11.0. The Balaban J connectivity index is 1.97. The molecule has 0 bridgehead atoms. The maximum Gasteiger partial charge on any atom is 0.272 e. The molecule has 0 fully saturated rings. The van der Waals surface area contributed by atoms with Gasteiger partial charge in [-0.25, -0.2) is 0 Å². The van der Waals surface area contributed by atoms with Gasteiger partial charge < -0.3 is 20.1 Å². The minimum atomic E-state index is -0.665. The first-order valence-electron chi connectivity index (χ1n) is 9.87. The van der Waals surface area contributed by atoms with Crippen molar-refractivity contribution in [2.75, 3.05) is 19.5 Å². The van der Waals surface area contributed by atoms with E-state index in [0.717, 1.165) is 0 Å². The van der Waals surface area contributed by atoms with Crippen LogP contribution in [-0.4, -0.2) is 31.0 Å². The molecule has 34 heavy (non-hydrogen) atoms. The van der Waals surface area contributed by atoms with Gasteiger partial charge in [0.15, 0.2) is 0 Å². The van der Waals surface area contributed by atoms with Crippen molar-refractivity contribution in [3.05, 3.63) is 98.7 Å². The number of anilines is 1. The molecule has 2 N–H and O–H groups in total. The molecular weight excluding hydrogens is 462 g/mol. The number of rotatable bonds is 8. The van der Waals surface area contributed by atoms with Gasteiger partial charge in [0, 0.05) is 17.2 Å². The molecule has 0 unspecified atom stereocenters. The van der Waals surface area contributed by atoms with Crippen molar-refractivity contribution in [3.8, 4) is 11.5 Å². The number of hydrogen-bond acceptors (Lipinski definition) is 6. The van der Waals surface area contributed by atoms with E-state index >= 15 is 0 Å². The smallest absolute Gasteiger partial charge is 0.272 e. The Labute approximate surface area is 200 Å². The number of hydrogen-bond donors (Lipinski definition) is 2. The average Bonchev–Trinajstić information content (AvgIpc) is 2.84. The third-order valence-electron chi connectivity index (χ3n) is 4.67. The van der Waals surface area contributed by atoms with Crippen LogP contribution in [-0.2, 0) is 4.79 Å². The highest BCUT2D eigenvalue weighted by molar-refractivity contribution is 6.31. The number of carbonyl (C=O) groups excluding carboxylic acids is 2. The average molecular weight is 482 g/mol. The van der Waals surface area contributed by atoms with Gasteiger partial charge in [0.1, 0.15) is 17.2 Å². The highest BCUT2D eigenvalue weighted by atomic mass is 35.5. The summed E-state index contributed by atoms with van der Waals surface area (Å²) in [6, 6.07) is 16.7. The standard InChI is InChI=1S/C24H20ClN3O6/c1-33-21-6-4-3-5-18(21)23(29)27-20(13-15-7-10-17(11-8-15)28(31)32)24(30)26-19-14-16(25)9-12-22(19)34-2/h3-14H,1-2H3,(H,26,30)(H,27,29)/b20-13-. The summed E-state index contributed by atoms with van der Waals surface area (Å²) in [6.45, 7) is 0. The molecule has 0 heterocycles. The monoisotopic (exact) mass is 481 g/mol. The molecule has 0 aliphatic carbocycles. The molecule has 0 aromatic heterocycles. The fraction of sp³-hybridized carbons (Fsp3) is 0.0833. The lowest BCUT2D eigenvalue weighted by Crippen LogP contribution is -2.31. The molecule has 0 atom stereocenters. The van der Waals surface area contributed by atoms with Crippen molar-refractivity contribution in [3.63, 3.8) is 0 Å². The number of nitrogens with zero attached hydrogens (tertiary/aromatic N) is 1. The lowest BCUT2D eigenvalue weighted by atomic mass is 10.1. The second-order valence-electron chi connectivity index (χ2n) is 6.86. The molecule has 2 amide bonds. The van der Waals surface area contributed by atoms with E-state index < -0.39 is 16.7 Å². The van der Waals surface area contributed by atoms with E-state index in [0.29, 0.717) is 27.8 Å². The topological polar surface area (TPSA) is 120 Å². The Morgan fingerprint density at radius 1 is 0.971 bits per heavy atom. The Morgan fingerprint density at radius 3 is 2.29 bits per heavy atom. The summed E-state index contributed by atoms with van der Waals surface area (Å²) < 4.78 is 10.5. The molecule has 0 aliphatic rings. The Hall–Kier alpha value is -4.37. The Bertz CT molecular complexity index is 1260. The number of para-hydroxylation sites is 1. The van der Waals surface area contributed by atoms with Gasteiger partial charge in [-0.15, -0.1) is 0 Å². The molecule has 0 spiro atoms. The van der Waals surface area contributed by atoms with Crippen molar-refractivity contribution in [2.24, 2.45) is 0 Å². The van der Waals surface area contributed by atoms with Gasteiger partial charge in [-0.3, -0.25) is 19.7 Å². The SMILES string of the molecule is COc1ccc(Cl)cc1NC(=O)/C(=C/c1ccc([N+](=O)[O-])cc1)NC(=O)c1ccccc1OC. The van der Waals surface area contributed by atoms with Crippen LogP contribution in [0.5, 0.6) is 11.5 Å². The molecule has 0 radical (unpaired) electrons. The summed E-state index contributed by atoms with van der Waals surface area (Å²) in [5.74, 6) is -0.559. The van der Waals surface area contributed by atoms with Gasteiger partial charge in [-0.1, -0.05) is 23.7 Å². The molecule has 0 aliphatic heterocycles. The van der Waals surface area contributed by atoms with Crippen molar-refractivity contribution in [2.45, 2.75) is 0 Å². The van der Waals surface area contributed by atoms with Crippen LogP contribution in [0.4, 0.5) is 11.4 Å². The van der Waals surface area contributed by atoms with E-state index in [1.54, 1.807) is 36.4 Å². The van der Waals surface area contributed by atoms with Crippen LogP contribution in [0.3, 0.4) is 0 Å². The van der Waals surface area contributed by atoms with Crippen LogP contribution in [0.25, 0.3) is 6.08 Å². The lowest BCUT2D eigenvalue weighted by molar-refractivity contribution is -0.384. The van der Waals surface area contributed by atoms with E-state index in [2.05, 4.69) is 10.6 Å². The first kappa shape index (κ1) is 24.3. The third kappa shape index (κ3) is 5.90. The van der Waals surface area contributed by atoms with Crippen LogP contribution in [0.1, 0.15) is 15.9 Å². The predicted octanol–water partition coefficient (Wildman–Crippen LogP) is 4.68. The maximum absolute atomic E-state index is 13.2. The first-order chi connectivity index (χ1) is 16.3. The molecule has 3 rings (SSSR count). The predicted molar refractivity (Wildman–Crippen MR) is 128 cm³/mol. The molecule has 0 saturated carbocycles. The zero-order chi connectivity index (χ0) is 24.7. The van der Waals surface area contributed by atoms with E-state index in [1.807, 2.05) is 0 Å². The Kier molecular flexibility index (Phi) is 7.83. The van der Waals surface area contributed by atoms with Crippen molar-refractivity contribution >= 4 is 40.9 Å². The summed E-state index contributed by atoms with van der Waals surface area (Å²) in [5, 5.41) is 16.6. The highest BCUT2D eigenvalue weighted by Gasteiger charge is 2.19. The second-order valence-corrected chi connectivity index (χ2v) is 7.30. The number of methoxy groups -OCH3 is 2. The summed E-state index contributed by atoms with van der Waals surface area (Å²) >= 11 is 6.04. The molecule has 174 valence electrons. The van der Waals surface area contributed by atoms with E-state index in [9.17, 15) is 19.7 Å². The minimum absolute atomic E-state index is 0.107. The molecule has 3 aromatic rings. The zero-order valence-corrected chi connectivity index (χ0v) is 19.0. The van der Waals surface area contributed by atoms with E-state index in [1.165, 1.54) is 50.6 Å². The van der Waals surface area contributed by atoms with Crippen molar-refractivity contribution in [1.82, 2.24) is 5.32 Å². The van der Waals surface area contributed by atoms with Gasteiger partial charge >= 0.3 is 0 Å². The summed E-state index contributed by atoms with van der Waals surface area (Å²) in [6.07, 6.45) is 1.39. The highest BCUT2D eigenvalue weighted by Crippen LogP contribution is 2.28.